The molecule has 0 aliphatic heterocycles. The average molecular weight is 302 g/mol. The molecule has 110 valence electrons. The molecule has 0 fully saturated rings. The number of anilines is 2. The minimum absolute atomic E-state index is 0.785. The molecular weight excluding hydrogens is 282 g/mol. The Morgan fingerprint density at radius 2 is 1.05 bits per heavy atom. The summed E-state index contributed by atoms with van der Waals surface area (Å²) >= 11 is 5.81. The zero-order valence-electron chi connectivity index (χ0n) is 12.8. The fraction of sp³-hybridized carbons (Fsp3) is 0.235. The minimum atomic E-state index is 0.785. The van der Waals surface area contributed by atoms with Crippen LogP contribution < -0.4 is 9.80 Å². The Bertz CT molecular complexity index is 560. The van der Waals surface area contributed by atoms with Crippen LogP contribution in [0, 0.1) is 0 Å². The maximum absolute atomic E-state index is 5.81. The van der Waals surface area contributed by atoms with Crippen LogP contribution in [0.4, 0.5) is 11.4 Å². The second kappa shape index (κ2) is 6.64. The van der Waals surface area contributed by atoms with Gasteiger partial charge >= 0.3 is 0 Å². The smallest absolute Gasteiger partial charge is 0.0921 e. The summed E-state index contributed by atoms with van der Waals surface area (Å²) in [6.45, 7) is 0. The molecule has 4 heteroatoms. The molecule has 0 atom stereocenters. The largest absolute Gasteiger partial charge is 0.378 e. The van der Waals surface area contributed by atoms with Crippen molar-refractivity contribution in [3.05, 3.63) is 59.7 Å². The van der Waals surface area contributed by atoms with Gasteiger partial charge in [0.25, 0.3) is 0 Å². The van der Waals surface area contributed by atoms with Gasteiger partial charge in [0.2, 0.25) is 0 Å². The van der Waals surface area contributed by atoms with Crippen LogP contribution in [-0.2, 0) is 0 Å². The van der Waals surface area contributed by atoms with E-state index < -0.39 is 0 Å². The summed E-state index contributed by atoms with van der Waals surface area (Å²) in [4.78, 5) is 4.13. The standard InChI is InChI=1S/C17H20ClN3/c1-20(2)15-9-5-13(6-10-15)17(19-18)14-7-11-16(12-8-14)21(3)4/h5-12H,1-4H3. The van der Waals surface area contributed by atoms with Crippen molar-refractivity contribution in [1.82, 2.24) is 0 Å². The Kier molecular flexibility index (Phi) is 4.86. The van der Waals surface area contributed by atoms with Gasteiger partial charge < -0.3 is 9.80 Å². The van der Waals surface area contributed by atoms with Crippen molar-refractivity contribution in [2.45, 2.75) is 0 Å². The molecule has 3 nitrogen and oxygen atoms in total. The Morgan fingerprint density at radius 3 is 1.29 bits per heavy atom. The average Bonchev–Trinajstić information content (AvgIpc) is 2.49. The molecule has 2 aromatic rings. The molecule has 21 heavy (non-hydrogen) atoms. The Hall–Kier alpha value is -2.00. The lowest BCUT2D eigenvalue weighted by atomic mass is 10.0. The SMILES string of the molecule is CN(C)c1ccc(C(=NCl)c2ccc(N(C)C)cc2)cc1. The van der Waals surface area contributed by atoms with Gasteiger partial charge in [0.05, 0.1) is 5.71 Å². The Morgan fingerprint density at radius 1 is 0.714 bits per heavy atom. The van der Waals surface area contributed by atoms with Crippen LogP contribution in [0.2, 0.25) is 0 Å². The predicted octanol–water partition coefficient (Wildman–Crippen LogP) is 3.81. The van der Waals surface area contributed by atoms with Crippen LogP contribution in [0.5, 0.6) is 0 Å². The molecule has 0 aliphatic rings. The van der Waals surface area contributed by atoms with Gasteiger partial charge in [-0.3, -0.25) is 0 Å². The molecule has 0 aromatic heterocycles. The molecule has 0 N–H and O–H groups in total. The van der Waals surface area contributed by atoms with Crippen molar-refractivity contribution in [1.29, 1.82) is 0 Å². The van der Waals surface area contributed by atoms with Gasteiger partial charge in [0.15, 0.2) is 0 Å². The fourth-order valence-corrected chi connectivity index (χ4v) is 2.29. The summed E-state index contributed by atoms with van der Waals surface area (Å²) in [5.41, 5.74) is 5.10. The first-order valence-corrected chi connectivity index (χ1v) is 7.11. The maximum Gasteiger partial charge on any atom is 0.0921 e. The topological polar surface area (TPSA) is 18.8 Å². The number of hydrogen-bond acceptors (Lipinski definition) is 3. The van der Waals surface area contributed by atoms with Crippen LogP contribution in [0.15, 0.2) is 53.0 Å². The van der Waals surface area contributed by atoms with Gasteiger partial charge in [0, 0.05) is 62.5 Å². The van der Waals surface area contributed by atoms with Gasteiger partial charge in [-0.2, -0.15) is 4.51 Å². The normalized spacial score (nSPS) is 10.1. The van der Waals surface area contributed by atoms with Crippen molar-refractivity contribution in [2.75, 3.05) is 38.0 Å². The summed E-state index contributed by atoms with van der Waals surface area (Å²) in [7, 11) is 8.08. The van der Waals surface area contributed by atoms with Crippen LogP contribution in [-0.4, -0.2) is 33.9 Å². The second-order valence-electron chi connectivity index (χ2n) is 5.32. The maximum atomic E-state index is 5.81. The van der Waals surface area contributed by atoms with E-state index in [9.17, 15) is 0 Å². The van der Waals surface area contributed by atoms with Crippen molar-refractivity contribution in [2.24, 2.45) is 4.51 Å². The van der Waals surface area contributed by atoms with Crippen molar-refractivity contribution in [3.8, 4) is 0 Å². The van der Waals surface area contributed by atoms with E-state index in [0.29, 0.717) is 0 Å². The number of benzene rings is 2. The third-order valence-electron chi connectivity index (χ3n) is 3.40. The molecule has 2 aromatic carbocycles. The first-order chi connectivity index (χ1) is 10.0. The third kappa shape index (κ3) is 3.56. The van der Waals surface area contributed by atoms with Crippen LogP contribution >= 0.6 is 11.8 Å². The van der Waals surface area contributed by atoms with E-state index in [2.05, 4.69) is 38.6 Å². The van der Waals surface area contributed by atoms with E-state index in [4.69, 9.17) is 11.8 Å². The minimum Gasteiger partial charge on any atom is -0.378 e. The molecule has 0 spiro atoms. The number of halogens is 1. The molecule has 0 saturated carbocycles. The van der Waals surface area contributed by atoms with Crippen LogP contribution in [0.25, 0.3) is 0 Å². The van der Waals surface area contributed by atoms with E-state index in [1.807, 2.05) is 52.5 Å². The molecule has 0 saturated heterocycles. The van der Waals surface area contributed by atoms with E-state index in [1.165, 1.54) is 0 Å². The highest BCUT2D eigenvalue weighted by Crippen LogP contribution is 2.19. The molecule has 2 rings (SSSR count). The van der Waals surface area contributed by atoms with Crippen molar-refractivity contribution < 1.29 is 0 Å². The lowest BCUT2D eigenvalue weighted by molar-refractivity contribution is 1.13. The summed E-state index contributed by atoms with van der Waals surface area (Å²) in [5, 5.41) is 0. The summed E-state index contributed by atoms with van der Waals surface area (Å²) in [6.07, 6.45) is 0. The molecule has 0 amide bonds. The number of hydrogen-bond donors (Lipinski definition) is 0. The van der Waals surface area contributed by atoms with Gasteiger partial charge in [-0.1, -0.05) is 24.3 Å². The molecule has 0 unspecified atom stereocenters. The lowest BCUT2D eigenvalue weighted by Gasteiger charge is -2.14. The highest BCUT2D eigenvalue weighted by molar-refractivity contribution is 6.27. The Labute approximate surface area is 131 Å². The molecule has 0 aliphatic carbocycles. The quantitative estimate of drug-likeness (QED) is 0.800. The summed E-state index contributed by atoms with van der Waals surface area (Å²) in [6, 6.07) is 16.4. The highest BCUT2D eigenvalue weighted by atomic mass is 35.5. The fourth-order valence-electron chi connectivity index (χ4n) is 2.10. The van der Waals surface area contributed by atoms with Crippen molar-refractivity contribution in [3.63, 3.8) is 0 Å². The number of rotatable bonds is 4. The zero-order chi connectivity index (χ0) is 15.4. The highest BCUT2D eigenvalue weighted by Gasteiger charge is 2.08. The van der Waals surface area contributed by atoms with E-state index in [-0.39, 0.29) is 0 Å². The van der Waals surface area contributed by atoms with E-state index in [0.717, 1.165) is 28.2 Å². The van der Waals surface area contributed by atoms with Crippen LogP contribution in [0.1, 0.15) is 11.1 Å². The van der Waals surface area contributed by atoms with Gasteiger partial charge in [0.1, 0.15) is 0 Å². The van der Waals surface area contributed by atoms with Gasteiger partial charge in [-0.25, -0.2) is 0 Å². The molecule has 0 bridgehead atoms. The van der Waals surface area contributed by atoms with E-state index >= 15 is 0 Å². The second-order valence-corrected chi connectivity index (χ2v) is 5.48. The van der Waals surface area contributed by atoms with Gasteiger partial charge in [-0.05, 0) is 24.3 Å². The first kappa shape index (κ1) is 15.4. The van der Waals surface area contributed by atoms with Crippen molar-refractivity contribution >= 4 is 28.9 Å². The monoisotopic (exact) mass is 301 g/mol. The van der Waals surface area contributed by atoms with Crippen LogP contribution in [0.3, 0.4) is 0 Å². The first-order valence-electron chi connectivity index (χ1n) is 6.77. The molecular formula is C17H20ClN3. The summed E-state index contributed by atoms with van der Waals surface area (Å²) in [5.74, 6) is 0. The number of nitrogens with zero attached hydrogens (tertiary/aromatic N) is 3. The van der Waals surface area contributed by atoms with Gasteiger partial charge in [-0.15, -0.1) is 0 Å². The molecule has 0 radical (unpaired) electrons. The zero-order valence-corrected chi connectivity index (χ0v) is 13.6. The Balaban J connectivity index is 2.31. The van der Waals surface area contributed by atoms with E-state index in [1.54, 1.807) is 0 Å². The third-order valence-corrected chi connectivity index (χ3v) is 3.57. The molecule has 0 heterocycles. The predicted molar refractivity (Wildman–Crippen MR) is 93.0 cm³/mol. The lowest BCUT2D eigenvalue weighted by Crippen LogP contribution is -2.10. The summed E-state index contributed by atoms with van der Waals surface area (Å²) < 4.78 is 3.94.